The van der Waals surface area contributed by atoms with Crippen LogP contribution in [0.1, 0.15) is 59.8 Å². The summed E-state index contributed by atoms with van der Waals surface area (Å²) in [5, 5.41) is 9.41. The molecule has 1 N–H and O–H groups in total. The molecule has 0 amide bonds. The van der Waals surface area contributed by atoms with Gasteiger partial charge in [-0.2, -0.15) is 0 Å². The van der Waals surface area contributed by atoms with Gasteiger partial charge in [-0.25, -0.2) is 0 Å². The third kappa shape index (κ3) is 6.24. The van der Waals surface area contributed by atoms with Gasteiger partial charge in [0.25, 0.3) is 0 Å². The van der Waals surface area contributed by atoms with Crippen molar-refractivity contribution in [2.75, 3.05) is 13.2 Å². The van der Waals surface area contributed by atoms with Crippen LogP contribution in [0.4, 0.5) is 0 Å². The Kier molecular flexibility index (Phi) is 9.55. The van der Waals surface area contributed by atoms with E-state index in [9.17, 15) is 19.5 Å². The Labute approximate surface area is 155 Å². The molecule has 1 fully saturated rings. The molecule has 4 atom stereocenters. The van der Waals surface area contributed by atoms with Crippen molar-refractivity contribution < 1.29 is 29.0 Å². The number of carbonyl (C=O) groups is 3. The van der Waals surface area contributed by atoms with E-state index in [1.54, 1.807) is 13.0 Å². The average Bonchev–Trinajstić information content (AvgIpc) is 3.18. The summed E-state index contributed by atoms with van der Waals surface area (Å²) >= 11 is 0. The van der Waals surface area contributed by atoms with Crippen LogP contribution in [0.25, 0.3) is 0 Å². The summed E-state index contributed by atoms with van der Waals surface area (Å²) in [5.41, 5.74) is 0.906. The van der Waals surface area contributed by atoms with Crippen molar-refractivity contribution in [3.8, 4) is 0 Å². The normalized spacial score (nSPS) is 27.4. The molecule has 0 spiro atoms. The molecule has 0 heterocycles. The van der Waals surface area contributed by atoms with Gasteiger partial charge >= 0.3 is 11.9 Å². The lowest BCUT2D eigenvalue weighted by Crippen LogP contribution is -2.21. The van der Waals surface area contributed by atoms with Gasteiger partial charge in [0, 0.05) is 6.42 Å². The number of carbonyl (C=O) groups excluding carboxylic acids is 3. The first-order chi connectivity index (χ1) is 12.4. The molecule has 2 aliphatic carbocycles. The molecule has 6 nitrogen and oxygen atoms in total. The van der Waals surface area contributed by atoms with Crippen LogP contribution in [0.2, 0.25) is 0 Å². The van der Waals surface area contributed by atoms with Crippen molar-refractivity contribution in [1.82, 2.24) is 0 Å². The molecule has 4 unspecified atom stereocenters. The minimum absolute atomic E-state index is 0.0369. The predicted octanol–water partition coefficient (Wildman–Crippen LogP) is 2.82. The lowest BCUT2D eigenvalue weighted by molar-refractivity contribution is -0.149. The highest BCUT2D eigenvalue weighted by Crippen LogP contribution is 2.35. The quantitative estimate of drug-likeness (QED) is 0.725. The molecule has 1 saturated carbocycles. The third-order valence-corrected chi connectivity index (χ3v) is 4.96. The van der Waals surface area contributed by atoms with E-state index in [1.165, 1.54) is 0 Å². The number of ketones is 1. The number of aliphatic hydroxyl groups excluding tert-OH is 1. The van der Waals surface area contributed by atoms with E-state index in [0.717, 1.165) is 24.8 Å². The summed E-state index contributed by atoms with van der Waals surface area (Å²) < 4.78 is 9.83. The molecular formula is C20H32O6. The van der Waals surface area contributed by atoms with Gasteiger partial charge in [-0.15, -0.1) is 0 Å². The fourth-order valence-electron chi connectivity index (χ4n) is 3.61. The van der Waals surface area contributed by atoms with E-state index < -0.39 is 0 Å². The Hall–Kier alpha value is -1.69. The Morgan fingerprint density at radius 2 is 1.69 bits per heavy atom. The predicted molar refractivity (Wildman–Crippen MR) is 97.3 cm³/mol. The second kappa shape index (κ2) is 11.1. The largest absolute Gasteiger partial charge is 0.466 e. The molecule has 6 heteroatoms. The Balaban J connectivity index is 0.000000260. The maximum atomic E-state index is 11.4. The van der Waals surface area contributed by atoms with Crippen molar-refractivity contribution >= 4 is 17.7 Å². The standard InChI is InChI=1S/C10H18O3.C10H14O3/c2*1-3-7-5-8(11)6-9(7)10(12)13-4-2/h7-9,11H,3-6H2,1-2H3;5,9H,3-4,6H2,1-2H3. The van der Waals surface area contributed by atoms with Crippen LogP contribution < -0.4 is 0 Å². The monoisotopic (exact) mass is 368 g/mol. The zero-order valence-electron chi connectivity index (χ0n) is 16.3. The highest BCUT2D eigenvalue weighted by atomic mass is 16.5. The van der Waals surface area contributed by atoms with E-state index in [2.05, 4.69) is 6.92 Å². The first-order valence-electron chi connectivity index (χ1n) is 9.62. The maximum Gasteiger partial charge on any atom is 0.313 e. The fourth-order valence-corrected chi connectivity index (χ4v) is 3.61. The molecule has 26 heavy (non-hydrogen) atoms. The molecule has 148 valence electrons. The second-order valence-electron chi connectivity index (χ2n) is 6.70. The summed E-state index contributed by atoms with van der Waals surface area (Å²) in [6.45, 7) is 8.38. The van der Waals surface area contributed by atoms with Gasteiger partial charge in [0.2, 0.25) is 0 Å². The summed E-state index contributed by atoms with van der Waals surface area (Å²) in [5.74, 6) is -0.422. The van der Waals surface area contributed by atoms with Crippen LogP contribution in [-0.2, 0) is 23.9 Å². The molecule has 0 aliphatic heterocycles. The number of rotatable bonds is 6. The van der Waals surface area contributed by atoms with E-state index in [-0.39, 0.29) is 35.7 Å². The van der Waals surface area contributed by atoms with Gasteiger partial charge < -0.3 is 14.6 Å². The van der Waals surface area contributed by atoms with Gasteiger partial charge in [0.1, 0.15) is 0 Å². The molecular weight excluding hydrogens is 336 g/mol. The number of hydrogen-bond donors (Lipinski definition) is 1. The van der Waals surface area contributed by atoms with Gasteiger partial charge in [-0.05, 0) is 45.1 Å². The van der Waals surface area contributed by atoms with Crippen LogP contribution in [0, 0.1) is 17.8 Å². The minimum atomic E-state index is -0.308. The van der Waals surface area contributed by atoms with Crippen LogP contribution in [0.5, 0.6) is 0 Å². The number of aliphatic hydroxyl groups is 1. The van der Waals surface area contributed by atoms with E-state index in [4.69, 9.17) is 9.47 Å². The van der Waals surface area contributed by atoms with Gasteiger partial charge in [0.05, 0.1) is 31.2 Å². The van der Waals surface area contributed by atoms with Crippen LogP contribution in [0.3, 0.4) is 0 Å². The molecule has 0 aromatic carbocycles. The second-order valence-corrected chi connectivity index (χ2v) is 6.70. The molecule has 0 bridgehead atoms. The smallest absolute Gasteiger partial charge is 0.313 e. The van der Waals surface area contributed by atoms with Crippen molar-refractivity contribution in [3.63, 3.8) is 0 Å². The van der Waals surface area contributed by atoms with E-state index in [1.807, 2.05) is 13.8 Å². The Bertz CT molecular complexity index is 524. The summed E-state index contributed by atoms with van der Waals surface area (Å²) in [6.07, 6.45) is 4.58. The summed E-state index contributed by atoms with van der Waals surface area (Å²) in [6, 6.07) is 0. The van der Waals surface area contributed by atoms with Crippen LogP contribution in [-0.4, -0.2) is 42.1 Å². The zero-order chi connectivity index (χ0) is 19.7. The zero-order valence-corrected chi connectivity index (χ0v) is 16.3. The lowest BCUT2D eigenvalue weighted by atomic mass is 9.94. The van der Waals surface area contributed by atoms with Gasteiger partial charge in [-0.1, -0.05) is 25.8 Å². The average molecular weight is 368 g/mol. The SMILES string of the molecule is CCOC(=O)C1CC(=O)C=C1CC.CCOC(=O)C1CC(O)CC1CC. The highest BCUT2D eigenvalue weighted by Gasteiger charge is 2.37. The molecule has 0 aromatic rings. The van der Waals surface area contributed by atoms with E-state index >= 15 is 0 Å². The van der Waals surface area contributed by atoms with Crippen molar-refractivity contribution in [2.45, 2.75) is 65.9 Å². The molecule has 0 saturated heterocycles. The van der Waals surface area contributed by atoms with Gasteiger partial charge in [-0.3, -0.25) is 14.4 Å². The van der Waals surface area contributed by atoms with Crippen molar-refractivity contribution in [2.24, 2.45) is 17.8 Å². The number of esters is 2. The highest BCUT2D eigenvalue weighted by molar-refractivity contribution is 5.98. The molecule has 2 rings (SSSR count). The van der Waals surface area contributed by atoms with Gasteiger partial charge in [0.15, 0.2) is 5.78 Å². The van der Waals surface area contributed by atoms with Crippen molar-refractivity contribution in [1.29, 1.82) is 0 Å². The molecule has 0 aromatic heterocycles. The first kappa shape index (κ1) is 22.4. The molecule has 2 aliphatic rings. The summed E-state index contributed by atoms with van der Waals surface area (Å²) in [4.78, 5) is 33.8. The minimum Gasteiger partial charge on any atom is -0.466 e. The molecule has 0 radical (unpaired) electrons. The van der Waals surface area contributed by atoms with E-state index in [0.29, 0.717) is 32.0 Å². The number of hydrogen-bond acceptors (Lipinski definition) is 6. The Morgan fingerprint density at radius 1 is 1.08 bits per heavy atom. The topological polar surface area (TPSA) is 89.9 Å². The Morgan fingerprint density at radius 3 is 2.23 bits per heavy atom. The first-order valence-corrected chi connectivity index (χ1v) is 9.62. The van der Waals surface area contributed by atoms with Crippen molar-refractivity contribution in [3.05, 3.63) is 11.6 Å². The summed E-state index contributed by atoms with van der Waals surface area (Å²) in [7, 11) is 0. The maximum absolute atomic E-state index is 11.4. The van der Waals surface area contributed by atoms with Crippen LogP contribution >= 0.6 is 0 Å². The third-order valence-electron chi connectivity index (χ3n) is 4.96. The lowest BCUT2D eigenvalue weighted by Gasteiger charge is -2.15. The number of allylic oxidation sites excluding steroid dienone is 1. The fraction of sp³-hybridized carbons (Fsp3) is 0.750. The van der Waals surface area contributed by atoms with Crippen LogP contribution in [0.15, 0.2) is 11.6 Å². The number of ether oxygens (including phenoxy) is 2.